The van der Waals surface area contributed by atoms with Crippen LogP contribution in [0.1, 0.15) is 12.8 Å². The molecule has 6 heteroatoms. The SMILES string of the molecule is O=[N+]([O-])c1ccc2nc(NCC3CCOCC3)ccc2c1. The fourth-order valence-corrected chi connectivity index (χ4v) is 2.52. The molecule has 0 bridgehead atoms. The first-order chi connectivity index (χ1) is 10.2. The molecule has 110 valence electrons. The Labute approximate surface area is 122 Å². The van der Waals surface area contributed by atoms with Crippen molar-refractivity contribution in [2.45, 2.75) is 12.8 Å². The van der Waals surface area contributed by atoms with E-state index in [1.54, 1.807) is 12.1 Å². The van der Waals surface area contributed by atoms with Gasteiger partial charge in [-0.3, -0.25) is 10.1 Å². The molecule has 3 rings (SSSR count). The summed E-state index contributed by atoms with van der Waals surface area (Å²) in [5.74, 6) is 1.43. The van der Waals surface area contributed by atoms with E-state index in [9.17, 15) is 10.1 Å². The number of hydrogen-bond donors (Lipinski definition) is 1. The zero-order chi connectivity index (χ0) is 14.7. The third-order valence-corrected chi connectivity index (χ3v) is 3.80. The summed E-state index contributed by atoms with van der Waals surface area (Å²) in [6.07, 6.45) is 2.15. The van der Waals surface area contributed by atoms with Crippen LogP contribution in [0.3, 0.4) is 0 Å². The quantitative estimate of drug-likeness (QED) is 0.691. The molecule has 0 radical (unpaired) electrons. The van der Waals surface area contributed by atoms with E-state index < -0.39 is 4.92 Å². The number of anilines is 1. The van der Waals surface area contributed by atoms with Gasteiger partial charge in [0.2, 0.25) is 0 Å². The molecule has 1 N–H and O–H groups in total. The average Bonchev–Trinajstić information content (AvgIpc) is 2.53. The van der Waals surface area contributed by atoms with E-state index in [0.29, 0.717) is 5.92 Å². The van der Waals surface area contributed by atoms with E-state index >= 15 is 0 Å². The Morgan fingerprint density at radius 1 is 1.29 bits per heavy atom. The van der Waals surface area contributed by atoms with E-state index in [4.69, 9.17) is 4.74 Å². The third-order valence-electron chi connectivity index (χ3n) is 3.80. The lowest BCUT2D eigenvalue weighted by Crippen LogP contribution is -2.22. The maximum Gasteiger partial charge on any atom is 0.270 e. The second kappa shape index (κ2) is 6.05. The molecular formula is C15H17N3O3. The lowest BCUT2D eigenvalue weighted by Gasteiger charge is -2.22. The van der Waals surface area contributed by atoms with E-state index in [1.165, 1.54) is 6.07 Å². The second-order valence-corrected chi connectivity index (χ2v) is 5.27. The fourth-order valence-electron chi connectivity index (χ4n) is 2.52. The van der Waals surface area contributed by atoms with Crippen molar-refractivity contribution in [3.05, 3.63) is 40.4 Å². The van der Waals surface area contributed by atoms with E-state index in [0.717, 1.165) is 49.3 Å². The lowest BCUT2D eigenvalue weighted by atomic mass is 10.0. The van der Waals surface area contributed by atoms with Gasteiger partial charge in [-0.05, 0) is 37.0 Å². The fraction of sp³-hybridized carbons (Fsp3) is 0.400. The van der Waals surface area contributed by atoms with Crippen molar-refractivity contribution in [2.75, 3.05) is 25.1 Å². The van der Waals surface area contributed by atoms with Gasteiger partial charge in [0.1, 0.15) is 5.82 Å². The second-order valence-electron chi connectivity index (χ2n) is 5.27. The summed E-state index contributed by atoms with van der Waals surface area (Å²) in [7, 11) is 0. The summed E-state index contributed by atoms with van der Waals surface area (Å²) >= 11 is 0. The molecular weight excluding hydrogens is 270 g/mol. The van der Waals surface area contributed by atoms with E-state index in [2.05, 4.69) is 10.3 Å². The number of aromatic nitrogens is 1. The molecule has 1 aliphatic rings. The van der Waals surface area contributed by atoms with Gasteiger partial charge >= 0.3 is 0 Å². The topological polar surface area (TPSA) is 77.3 Å². The van der Waals surface area contributed by atoms with Crippen LogP contribution < -0.4 is 5.32 Å². The first-order valence-corrected chi connectivity index (χ1v) is 7.09. The number of nitrogens with one attached hydrogen (secondary N) is 1. The van der Waals surface area contributed by atoms with E-state index in [1.807, 2.05) is 12.1 Å². The van der Waals surface area contributed by atoms with Crippen molar-refractivity contribution in [1.82, 2.24) is 4.98 Å². The first kappa shape index (κ1) is 13.8. The highest BCUT2D eigenvalue weighted by atomic mass is 16.6. The zero-order valence-electron chi connectivity index (χ0n) is 11.6. The maximum atomic E-state index is 10.8. The number of non-ortho nitro benzene ring substituents is 1. The number of benzene rings is 1. The van der Waals surface area contributed by atoms with E-state index in [-0.39, 0.29) is 5.69 Å². The summed E-state index contributed by atoms with van der Waals surface area (Å²) in [6, 6.07) is 8.45. The summed E-state index contributed by atoms with van der Waals surface area (Å²) in [6.45, 7) is 2.55. The van der Waals surface area contributed by atoms with Crippen LogP contribution in [0, 0.1) is 16.0 Å². The number of ether oxygens (including phenoxy) is 1. The normalized spacial score (nSPS) is 16.0. The van der Waals surface area contributed by atoms with Crippen molar-refractivity contribution in [3.63, 3.8) is 0 Å². The van der Waals surface area contributed by atoms with Gasteiger partial charge in [-0.15, -0.1) is 0 Å². The number of nitrogens with zero attached hydrogens (tertiary/aromatic N) is 2. The van der Waals surface area contributed by atoms with Gasteiger partial charge in [-0.2, -0.15) is 0 Å². The largest absolute Gasteiger partial charge is 0.381 e. The molecule has 0 amide bonds. The highest BCUT2D eigenvalue weighted by molar-refractivity contribution is 5.82. The van der Waals surface area contributed by atoms with Gasteiger partial charge in [-0.1, -0.05) is 0 Å². The maximum absolute atomic E-state index is 10.8. The molecule has 0 aliphatic carbocycles. The summed E-state index contributed by atoms with van der Waals surface area (Å²) in [4.78, 5) is 14.9. The summed E-state index contributed by atoms with van der Waals surface area (Å²) < 4.78 is 5.34. The monoisotopic (exact) mass is 287 g/mol. The van der Waals surface area contributed by atoms with Crippen LogP contribution in [0.5, 0.6) is 0 Å². The van der Waals surface area contributed by atoms with Crippen LogP contribution in [0.15, 0.2) is 30.3 Å². The van der Waals surface area contributed by atoms with Crippen LogP contribution in [0.2, 0.25) is 0 Å². The summed E-state index contributed by atoms with van der Waals surface area (Å²) in [5.41, 5.74) is 0.852. The molecule has 1 fully saturated rings. The Morgan fingerprint density at radius 2 is 2.10 bits per heavy atom. The van der Waals surface area contributed by atoms with Crippen molar-refractivity contribution >= 4 is 22.4 Å². The van der Waals surface area contributed by atoms with Gasteiger partial charge < -0.3 is 10.1 Å². The number of nitro groups is 1. The first-order valence-electron chi connectivity index (χ1n) is 7.09. The van der Waals surface area contributed by atoms with Gasteiger partial charge in [0.05, 0.1) is 10.4 Å². The molecule has 0 spiro atoms. The Kier molecular flexibility index (Phi) is 3.96. The van der Waals surface area contributed by atoms with Crippen molar-refractivity contribution < 1.29 is 9.66 Å². The van der Waals surface area contributed by atoms with Crippen LogP contribution in [-0.2, 0) is 4.74 Å². The lowest BCUT2D eigenvalue weighted by molar-refractivity contribution is -0.384. The van der Waals surface area contributed by atoms with Gasteiger partial charge in [-0.25, -0.2) is 4.98 Å². The van der Waals surface area contributed by atoms with Gasteiger partial charge in [0.25, 0.3) is 5.69 Å². The number of rotatable bonds is 4. The standard InChI is InChI=1S/C15H17N3O3/c19-18(20)13-2-3-14-12(9-13)1-4-15(17-14)16-10-11-5-7-21-8-6-11/h1-4,9,11H,5-8,10H2,(H,16,17). The zero-order valence-corrected chi connectivity index (χ0v) is 11.6. The van der Waals surface area contributed by atoms with Crippen molar-refractivity contribution in [1.29, 1.82) is 0 Å². The number of pyridine rings is 1. The van der Waals surface area contributed by atoms with Crippen LogP contribution in [0.25, 0.3) is 10.9 Å². The molecule has 21 heavy (non-hydrogen) atoms. The molecule has 0 unspecified atom stereocenters. The van der Waals surface area contributed by atoms with Crippen LogP contribution in [0.4, 0.5) is 11.5 Å². The smallest absolute Gasteiger partial charge is 0.270 e. The number of hydrogen-bond acceptors (Lipinski definition) is 5. The minimum atomic E-state index is -0.392. The number of nitro benzene ring substituents is 1. The minimum Gasteiger partial charge on any atom is -0.381 e. The van der Waals surface area contributed by atoms with Gasteiger partial charge in [0.15, 0.2) is 0 Å². The predicted molar refractivity (Wildman–Crippen MR) is 80.4 cm³/mol. The highest BCUT2D eigenvalue weighted by Gasteiger charge is 2.13. The van der Waals surface area contributed by atoms with Crippen molar-refractivity contribution in [3.8, 4) is 0 Å². The van der Waals surface area contributed by atoms with Crippen LogP contribution >= 0.6 is 0 Å². The third kappa shape index (κ3) is 3.28. The Balaban J connectivity index is 1.71. The average molecular weight is 287 g/mol. The molecule has 1 aromatic heterocycles. The molecule has 0 atom stereocenters. The number of fused-ring (bicyclic) bond motifs is 1. The van der Waals surface area contributed by atoms with Gasteiger partial charge in [0, 0.05) is 37.3 Å². The minimum absolute atomic E-state index is 0.0900. The molecule has 1 saturated heterocycles. The molecule has 1 aromatic carbocycles. The van der Waals surface area contributed by atoms with Crippen LogP contribution in [-0.4, -0.2) is 29.7 Å². The highest BCUT2D eigenvalue weighted by Crippen LogP contribution is 2.22. The molecule has 1 aliphatic heterocycles. The van der Waals surface area contributed by atoms with Crippen molar-refractivity contribution in [2.24, 2.45) is 5.92 Å². The molecule has 0 saturated carbocycles. The molecule has 6 nitrogen and oxygen atoms in total. The Bertz CT molecular complexity index is 654. The predicted octanol–water partition coefficient (Wildman–Crippen LogP) is 2.98. The Hall–Kier alpha value is -2.21. The Morgan fingerprint density at radius 3 is 2.86 bits per heavy atom. The molecule has 2 heterocycles. The summed E-state index contributed by atoms with van der Waals surface area (Å²) in [5, 5.41) is 14.9. The molecule has 2 aromatic rings.